The SMILES string of the molecule is CCOC(=O)c1c(O)c2c(c3ccccc13)OC(c1ccccc1)C=C2. The number of aromatic hydroxyl groups is 1. The van der Waals surface area contributed by atoms with Crippen LogP contribution < -0.4 is 4.74 Å². The van der Waals surface area contributed by atoms with Crippen molar-refractivity contribution < 1.29 is 19.4 Å². The summed E-state index contributed by atoms with van der Waals surface area (Å²) in [5.74, 6) is -0.0787. The second kappa shape index (κ2) is 6.56. The first kappa shape index (κ1) is 16.2. The summed E-state index contributed by atoms with van der Waals surface area (Å²) in [6.07, 6.45) is 3.43. The van der Waals surface area contributed by atoms with Gasteiger partial charge in [0.05, 0.1) is 12.2 Å². The van der Waals surface area contributed by atoms with Gasteiger partial charge in [-0.25, -0.2) is 4.79 Å². The van der Waals surface area contributed by atoms with Gasteiger partial charge in [0.1, 0.15) is 23.2 Å². The van der Waals surface area contributed by atoms with Crippen molar-refractivity contribution in [3.05, 3.63) is 77.4 Å². The number of fused-ring (bicyclic) bond motifs is 3. The summed E-state index contributed by atoms with van der Waals surface area (Å²) in [5.41, 5.74) is 1.69. The molecule has 4 nitrogen and oxygen atoms in total. The van der Waals surface area contributed by atoms with E-state index in [1.165, 1.54) is 0 Å². The lowest BCUT2D eigenvalue weighted by Crippen LogP contribution is -2.12. The molecule has 0 saturated carbocycles. The lowest BCUT2D eigenvalue weighted by Gasteiger charge is -2.25. The Morgan fingerprint density at radius 1 is 1.08 bits per heavy atom. The summed E-state index contributed by atoms with van der Waals surface area (Å²) in [4.78, 5) is 12.4. The number of benzene rings is 3. The summed E-state index contributed by atoms with van der Waals surface area (Å²) in [7, 11) is 0. The van der Waals surface area contributed by atoms with E-state index in [-0.39, 0.29) is 24.0 Å². The Hall–Kier alpha value is -3.27. The minimum Gasteiger partial charge on any atom is -0.506 e. The topological polar surface area (TPSA) is 55.8 Å². The van der Waals surface area contributed by atoms with Gasteiger partial charge in [-0.3, -0.25) is 0 Å². The lowest BCUT2D eigenvalue weighted by atomic mass is 9.95. The zero-order chi connectivity index (χ0) is 18.1. The molecule has 1 heterocycles. The Balaban J connectivity index is 1.91. The Bertz CT molecular complexity index is 1010. The van der Waals surface area contributed by atoms with Crippen LogP contribution >= 0.6 is 0 Å². The number of ether oxygens (including phenoxy) is 2. The van der Waals surface area contributed by atoms with E-state index in [2.05, 4.69) is 0 Å². The predicted molar refractivity (Wildman–Crippen MR) is 100 cm³/mol. The van der Waals surface area contributed by atoms with Crippen LogP contribution in [0.4, 0.5) is 0 Å². The Morgan fingerprint density at radius 3 is 2.50 bits per heavy atom. The molecule has 1 atom stereocenters. The average Bonchev–Trinajstić information content (AvgIpc) is 2.69. The highest BCUT2D eigenvalue weighted by atomic mass is 16.5. The fourth-order valence-electron chi connectivity index (χ4n) is 3.28. The molecule has 0 fully saturated rings. The molecule has 3 aromatic rings. The molecular weight excluding hydrogens is 328 g/mol. The van der Waals surface area contributed by atoms with Crippen LogP contribution in [0.15, 0.2) is 60.7 Å². The van der Waals surface area contributed by atoms with E-state index in [9.17, 15) is 9.90 Å². The normalized spacial score (nSPS) is 15.3. The van der Waals surface area contributed by atoms with Crippen molar-refractivity contribution in [2.24, 2.45) is 0 Å². The minimum atomic E-state index is -0.539. The summed E-state index contributed by atoms with van der Waals surface area (Å²) in [5, 5.41) is 12.1. The summed E-state index contributed by atoms with van der Waals surface area (Å²) < 4.78 is 11.3. The molecule has 0 spiro atoms. The van der Waals surface area contributed by atoms with Crippen molar-refractivity contribution >= 4 is 22.8 Å². The van der Waals surface area contributed by atoms with Crippen molar-refractivity contribution in [2.45, 2.75) is 13.0 Å². The number of phenolic OH excluding ortho intramolecular Hbond substituents is 1. The van der Waals surface area contributed by atoms with Crippen molar-refractivity contribution in [1.82, 2.24) is 0 Å². The Morgan fingerprint density at radius 2 is 1.77 bits per heavy atom. The third kappa shape index (κ3) is 2.60. The van der Waals surface area contributed by atoms with Crippen molar-refractivity contribution in [2.75, 3.05) is 6.61 Å². The third-order valence-electron chi connectivity index (χ3n) is 4.47. The second-order valence-corrected chi connectivity index (χ2v) is 6.04. The van der Waals surface area contributed by atoms with Gasteiger partial charge >= 0.3 is 5.97 Å². The zero-order valence-electron chi connectivity index (χ0n) is 14.3. The van der Waals surface area contributed by atoms with Crippen LogP contribution in [0.3, 0.4) is 0 Å². The molecule has 0 aromatic heterocycles. The van der Waals surface area contributed by atoms with Gasteiger partial charge in [0.15, 0.2) is 0 Å². The van der Waals surface area contributed by atoms with Crippen LogP contribution in [0, 0.1) is 0 Å². The maximum atomic E-state index is 12.4. The average molecular weight is 346 g/mol. The quantitative estimate of drug-likeness (QED) is 0.688. The van der Waals surface area contributed by atoms with Gasteiger partial charge in [0.25, 0.3) is 0 Å². The molecule has 1 unspecified atom stereocenters. The van der Waals surface area contributed by atoms with Crippen LogP contribution in [-0.4, -0.2) is 17.7 Å². The van der Waals surface area contributed by atoms with E-state index in [1.54, 1.807) is 19.1 Å². The Labute approximate surface area is 151 Å². The van der Waals surface area contributed by atoms with E-state index in [1.807, 2.05) is 54.6 Å². The maximum Gasteiger partial charge on any atom is 0.342 e. The molecule has 0 bridgehead atoms. The molecule has 0 saturated heterocycles. The van der Waals surface area contributed by atoms with Gasteiger partial charge < -0.3 is 14.6 Å². The van der Waals surface area contributed by atoms with Gasteiger partial charge in [0.2, 0.25) is 0 Å². The molecule has 4 rings (SSSR count). The Kier molecular flexibility index (Phi) is 4.09. The van der Waals surface area contributed by atoms with Crippen LogP contribution in [-0.2, 0) is 4.74 Å². The highest BCUT2D eigenvalue weighted by molar-refractivity contribution is 6.11. The number of phenols is 1. The summed E-state index contributed by atoms with van der Waals surface area (Å²) >= 11 is 0. The smallest absolute Gasteiger partial charge is 0.342 e. The van der Waals surface area contributed by atoms with Gasteiger partial charge in [-0.1, -0.05) is 54.6 Å². The largest absolute Gasteiger partial charge is 0.506 e. The molecule has 1 aliphatic rings. The number of rotatable bonds is 3. The molecule has 0 aliphatic carbocycles. The summed E-state index contributed by atoms with van der Waals surface area (Å²) in [6.45, 7) is 1.98. The number of esters is 1. The molecule has 0 amide bonds. The van der Waals surface area contributed by atoms with Crippen molar-refractivity contribution in [3.63, 3.8) is 0 Å². The number of hydrogen-bond acceptors (Lipinski definition) is 4. The molecule has 1 N–H and O–H groups in total. The van der Waals surface area contributed by atoms with Crippen LogP contribution in [0.2, 0.25) is 0 Å². The molecule has 1 aliphatic heterocycles. The number of hydrogen-bond donors (Lipinski definition) is 1. The van der Waals surface area contributed by atoms with Crippen LogP contribution in [0.5, 0.6) is 11.5 Å². The molecule has 0 radical (unpaired) electrons. The van der Waals surface area contributed by atoms with Crippen molar-refractivity contribution in [3.8, 4) is 11.5 Å². The predicted octanol–water partition coefficient (Wildman–Crippen LogP) is 4.87. The van der Waals surface area contributed by atoms with Gasteiger partial charge in [-0.2, -0.15) is 0 Å². The highest BCUT2D eigenvalue weighted by Crippen LogP contribution is 2.45. The highest BCUT2D eigenvalue weighted by Gasteiger charge is 2.27. The number of carbonyl (C=O) groups is 1. The number of carbonyl (C=O) groups excluding carboxylic acids is 1. The monoisotopic (exact) mass is 346 g/mol. The first-order valence-electron chi connectivity index (χ1n) is 8.55. The van der Waals surface area contributed by atoms with E-state index in [0.717, 1.165) is 10.9 Å². The van der Waals surface area contributed by atoms with Crippen LogP contribution in [0.25, 0.3) is 16.8 Å². The maximum absolute atomic E-state index is 12.4. The first-order chi connectivity index (χ1) is 12.7. The minimum absolute atomic E-state index is 0.111. The zero-order valence-corrected chi connectivity index (χ0v) is 14.3. The molecule has 26 heavy (non-hydrogen) atoms. The van der Waals surface area contributed by atoms with E-state index in [4.69, 9.17) is 9.47 Å². The van der Waals surface area contributed by atoms with E-state index < -0.39 is 5.97 Å². The molecule has 3 aromatic carbocycles. The van der Waals surface area contributed by atoms with Crippen LogP contribution in [0.1, 0.15) is 34.5 Å². The second-order valence-electron chi connectivity index (χ2n) is 6.04. The molecule has 4 heteroatoms. The fourth-order valence-corrected chi connectivity index (χ4v) is 3.28. The lowest BCUT2D eigenvalue weighted by molar-refractivity contribution is 0.0525. The molecular formula is C22H18O4. The van der Waals surface area contributed by atoms with Gasteiger partial charge in [0, 0.05) is 10.8 Å². The van der Waals surface area contributed by atoms with Crippen molar-refractivity contribution in [1.29, 1.82) is 0 Å². The van der Waals surface area contributed by atoms with E-state index in [0.29, 0.717) is 16.7 Å². The van der Waals surface area contributed by atoms with Gasteiger partial charge in [-0.15, -0.1) is 0 Å². The third-order valence-corrected chi connectivity index (χ3v) is 4.47. The summed E-state index contributed by atoms with van der Waals surface area (Å²) in [6, 6.07) is 17.3. The molecule has 130 valence electrons. The standard InChI is InChI=1S/C22H18O4/c1-2-25-22(24)19-15-10-6-7-11-16(15)21-17(20(19)23)12-13-18(26-21)14-8-4-3-5-9-14/h3-13,18,23H,2H2,1H3. The fraction of sp³-hybridized carbons (Fsp3) is 0.136. The van der Waals surface area contributed by atoms with E-state index >= 15 is 0 Å². The van der Waals surface area contributed by atoms with Gasteiger partial charge in [-0.05, 0) is 24.6 Å². The first-order valence-corrected chi connectivity index (χ1v) is 8.55.